The summed E-state index contributed by atoms with van der Waals surface area (Å²) in [6, 6.07) is 19.4. The van der Waals surface area contributed by atoms with E-state index in [2.05, 4.69) is 15.8 Å². The number of benzene rings is 3. The number of anilines is 1. The van der Waals surface area contributed by atoms with Crippen molar-refractivity contribution in [1.29, 1.82) is 0 Å². The Bertz CT molecular complexity index is 1600. The Hall–Kier alpha value is -5.55. The molecule has 0 saturated heterocycles. The lowest BCUT2D eigenvalue weighted by Gasteiger charge is -2.06. The average Bonchev–Trinajstić information content (AvgIpc) is 3.49. The summed E-state index contributed by atoms with van der Waals surface area (Å²) < 4.78 is 10.3. The van der Waals surface area contributed by atoms with Gasteiger partial charge in [0, 0.05) is 40.0 Å². The van der Waals surface area contributed by atoms with Crippen LogP contribution >= 0.6 is 11.6 Å². The van der Waals surface area contributed by atoms with E-state index in [1.807, 2.05) is 0 Å². The molecule has 0 atom stereocenters. The lowest BCUT2D eigenvalue weighted by atomic mass is 10.2. The number of rotatable bonds is 9. The molecular weight excluding hydrogens is 540 g/mol. The molecule has 1 aromatic heterocycles. The summed E-state index contributed by atoms with van der Waals surface area (Å²) in [7, 11) is 0. The standard InChI is InChI=1S/C28H19ClN4O7/c29-21-8-3-18(4-9-21)5-14-26(34)40-24-13-12-23(33(37)38)16-20(24)17-30-32-27(35)19-6-10-22(11-7-19)31-28(36)25-2-1-15-39-25/h1-17H,(H,31,36)(H,32,35)/b14-5+,30-17+. The summed E-state index contributed by atoms with van der Waals surface area (Å²) in [6.45, 7) is 0. The predicted octanol–water partition coefficient (Wildman–Crippen LogP) is 5.48. The number of halogens is 1. The number of furan rings is 1. The fourth-order valence-electron chi connectivity index (χ4n) is 3.25. The van der Waals surface area contributed by atoms with E-state index in [0.717, 1.165) is 12.3 Å². The van der Waals surface area contributed by atoms with Gasteiger partial charge < -0.3 is 14.5 Å². The van der Waals surface area contributed by atoms with E-state index in [1.165, 1.54) is 60.9 Å². The third-order valence-corrected chi connectivity index (χ3v) is 5.47. The summed E-state index contributed by atoms with van der Waals surface area (Å²) >= 11 is 5.85. The SMILES string of the molecule is O=C(/C=C/c1ccc(Cl)cc1)Oc1ccc([N+](=O)[O-])cc1/C=N/NC(=O)c1ccc(NC(=O)c2ccco2)cc1. The molecule has 200 valence electrons. The van der Waals surface area contributed by atoms with Crippen LogP contribution in [0.25, 0.3) is 6.08 Å². The van der Waals surface area contributed by atoms with Crippen LogP contribution in [0.2, 0.25) is 5.02 Å². The number of carbonyl (C=O) groups excluding carboxylic acids is 3. The van der Waals surface area contributed by atoms with Gasteiger partial charge in [0.25, 0.3) is 17.5 Å². The van der Waals surface area contributed by atoms with Crippen LogP contribution in [0.15, 0.2) is 101 Å². The van der Waals surface area contributed by atoms with Gasteiger partial charge in [-0.2, -0.15) is 5.10 Å². The molecule has 0 aliphatic carbocycles. The van der Waals surface area contributed by atoms with E-state index in [4.69, 9.17) is 20.8 Å². The molecule has 0 aliphatic rings. The van der Waals surface area contributed by atoms with Crippen LogP contribution in [0.5, 0.6) is 5.75 Å². The molecule has 12 heteroatoms. The van der Waals surface area contributed by atoms with Gasteiger partial charge in [-0.3, -0.25) is 19.7 Å². The lowest BCUT2D eigenvalue weighted by Crippen LogP contribution is -2.18. The summed E-state index contributed by atoms with van der Waals surface area (Å²) in [6.07, 6.45) is 5.21. The molecular formula is C28H19ClN4O7. The monoisotopic (exact) mass is 558 g/mol. The van der Waals surface area contributed by atoms with Gasteiger partial charge in [-0.15, -0.1) is 0 Å². The maximum absolute atomic E-state index is 12.5. The minimum Gasteiger partial charge on any atom is -0.459 e. The summed E-state index contributed by atoms with van der Waals surface area (Å²) in [5, 5.41) is 18.3. The van der Waals surface area contributed by atoms with Crippen LogP contribution in [0.3, 0.4) is 0 Å². The maximum Gasteiger partial charge on any atom is 0.336 e. The minimum atomic E-state index is -0.735. The molecule has 1 heterocycles. The zero-order chi connectivity index (χ0) is 28.5. The van der Waals surface area contributed by atoms with Gasteiger partial charge in [-0.1, -0.05) is 23.7 Å². The topological polar surface area (TPSA) is 153 Å². The number of nitro benzene ring substituents is 1. The van der Waals surface area contributed by atoms with Crippen molar-refractivity contribution >= 4 is 53.0 Å². The number of amides is 2. The van der Waals surface area contributed by atoms with Crippen LogP contribution < -0.4 is 15.5 Å². The normalized spacial score (nSPS) is 10.9. The Morgan fingerprint density at radius 2 is 1.73 bits per heavy atom. The summed E-state index contributed by atoms with van der Waals surface area (Å²) in [4.78, 5) is 47.5. The smallest absolute Gasteiger partial charge is 0.336 e. The number of nitrogens with zero attached hydrogens (tertiary/aromatic N) is 2. The van der Waals surface area contributed by atoms with Crippen LogP contribution in [-0.4, -0.2) is 28.9 Å². The number of carbonyl (C=O) groups is 3. The third-order valence-electron chi connectivity index (χ3n) is 5.22. The van der Waals surface area contributed by atoms with E-state index in [-0.39, 0.29) is 28.3 Å². The molecule has 2 amide bonds. The summed E-state index contributed by atoms with van der Waals surface area (Å²) in [5.41, 5.74) is 3.50. The van der Waals surface area contributed by atoms with Gasteiger partial charge in [0.15, 0.2) is 5.76 Å². The van der Waals surface area contributed by atoms with Crippen molar-refractivity contribution in [2.24, 2.45) is 5.10 Å². The molecule has 0 fully saturated rings. The largest absolute Gasteiger partial charge is 0.459 e. The zero-order valence-corrected chi connectivity index (χ0v) is 21.2. The van der Waals surface area contributed by atoms with Gasteiger partial charge in [0.05, 0.1) is 17.4 Å². The highest BCUT2D eigenvalue weighted by atomic mass is 35.5. The highest BCUT2D eigenvalue weighted by Crippen LogP contribution is 2.23. The molecule has 0 spiro atoms. The van der Waals surface area contributed by atoms with Crippen molar-refractivity contribution in [2.75, 3.05) is 5.32 Å². The third kappa shape index (κ3) is 7.49. The molecule has 0 bridgehead atoms. The Morgan fingerprint density at radius 1 is 0.975 bits per heavy atom. The van der Waals surface area contributed by atoms with Gasteiger partial charge in [0.1, 0.15) is 5.75 Å². The molecule has 40 heavy (non-hydrogen) atoms. The quantitative estimate of drug-likeness (QED) is 0.0689. The van der Waals surface area contributed by atoms with E-state index in [0.29, 0.717) is 16.3 Å². The number of esters is 1. The van der Waals surface area contributed by atoms with Gasteiger partial charge in [-0.25, -0.2) is 10.2 Å². The second-order valence-corrected chi connectivity index (χ2v) is 8.43. The molecule has 0 radical (unpaired) electrons. The fraction of sp³-hybridized carbons (Fsp3) is 0. The molecule has 4 aromatic rings. The highest BCUT2D eigenvalue weighted by molar-refractivity contribution is 6.30. The first kappa shape index (κ1) is 27.5. The Kier molecular flexibility index (Phi) is 8.80. The number of nitro groups is 1. The summed E-state index contributed by atoms with van der Waals surface area (Å²) in [5.74, 6) is -1.64. The van der Waals surface area contributed by atoms with E-state index >= 15 is 0 Å². The minimum absolute atomic E-state index is 0.00833. The number of ether oxygens (including phenoxy) is 1. The van der Waals surface area contributed by atoms with Crippen LogP contribution in [-0.2, 0) is 4.79 Å². The molecule has 0 saturated carbocycles. The Balaban J connectivity index is 1.41. The van der Waals surface area contributed by atoms with Crippen molar-refractivity contribution in [2.45, 2.75) is 0 Å². The average molecular weight is 559 g/mol. The first-order valence-electron chi connectivity index (χ1n) is 11.5. The fourth-order valence-corrected chi connectivity index (χ4v) is 3.38. The predicted molar refractivity (Wildman–Crippen MR) is 147 cm³/mol. The molecule has 11 nitrogen and oxygen atoms in total. The number of non-ortho nitro benzene ring substituents is 1. The van der Waals surface area contributed by atoms with Crippen molar-refractivity contribution in [3.63, 3.8) is 0 Å². The van der Waals surface area contributed by atoms with Gasteiger partial charge >= 0.3 is 5.97 Å². The second kappa shape index (κ2) is 12.8. The molecule has 0 aliphatic heterocycles. The maximum atomic E-state index is 12.5. The molecule has 0 unspecified atom stereocenters. The second-order valence-electron chi connectivity index (χ2n) is 7.99. The Labute approximate surface area is 231 Å². The zero-order valence-electron chi connectivity index (χ0n) is 20.4. The first-order valence-corrected chi connectivity index (χ1v) is 11.9. The van der Waals surface area contributed by atoms with Crippen molar-refractivity contribution in [3.05, 3.63) is 129 Å². The number of hydrogen-bond donors (Lipinski definition) is 2. The van der Waals surface area contributed by atoms with Gasteiger partial charge in [0.2, 0.25) is 0 Å². The van der Waals surface area contributed by atoms with Crippen molar-refractivity contribution in [1.82, 2.24) is 5.43 Å². The van der Waals surface area contributed by atoms with Crippen molar-refractivity contribution in [3.8, 4) is 5.75 Å². The van der Waals surface area contributed by atoms with E-state index < -0.39 is 22.7 Å². The molecule has 2 N–H and O–H groups in total. The number of hydrogen-bond acceptors (Lipinski definition) is 8. The van der Waals surface area contributed by atoms with Crippen molar-refractivity contribution < 1.29 is 28.5 Å². The van der Waals surface area contributed by atoms with E-state index in [1.54, 1.807) is 30.3 Å². The van der Waals surface area contributed by atoms with Crippen LogP contribution in [0.4, 0.5) is 11.4 Å². The van der Waals surface area contributed by atoms with Gasteiger partial charge in [-0.05, 0) is 66.2 Å². The number of hydrazone groups is 1. The Morgan fingerprint density at radius 3 is 2.40 bits per heavy atom. The highest BCUT2D eigenvalue weighted by Gasteiger charge is 2.14. The number of nitrogens with one attached hydrogen (secondary N) is 2. The lowest BCUT2D eigenvalue weighted by molar-refractivity contribution is -0.384. The first-order chi connectivity index (χ1) is 19.3. The van der Waals surface area contributed by atoms with Crippen LogP contribution in [0, 0.1) is 10.1 Å². The van der Waals surface area contributed by atoms with E-state index in [9.17, 15) is 24.5 Å². The van der Waals surface area contributed by atoms with Crippen LogP contribution in [0.1, 0.15) is 32.0 Å². The molecule has 3 aromatic carbocycles. The molecule has 4 rings (SSSR count).